The average molecular weight is 380 g/mol. The second kappa shape index (κ2) is 8.25. The Morgan fingerprint density at radius 1 is 1.27 bits per heavy atom. The van der Waals surface area contributed by atoms with Gasteiger partial charge in [-0.25, -0.2) is 9.59 Å². The topological polar surface area (TPSA) is 83.8 Å². The Morgan fingerprint density at radius 2 is 2.00 bits per heavy atom. The standard InChI is InChI=1S/C18H21N3O4.ClH/c1-11-16(17(22)24-3)7-15(25-11)10-21(2)18(23)20-14-5-4-12-8-19-9-13(12)6-14;/h4-7,19H,8-10H2,1-3H3,(H,20,23);1H. The zero-order valence-electron chi connectivity index (χ0n) is 14.9. The Hall–Kier alpha value is -2.51. The molecule has 0 spiro atoms. The Bertz CT molecular complexity index is 819. The maximum absolute atomic E-state index is 12.4. The fraction of sp³-hybridized carbons (Fsp3) is 0.333. The van der Waals surface area contributed by atoms with Crippen LogP contribution < -0.4 is 10.6 Å². The lowest BCUT2D eigenvalue weighted by Crippen LogP contribution is -2.30. The molecule has 2 heterocycles. The minimum Gasteiger partial charge on any atom is -0.465 e. The number of anilines is 1. The number of nitrogens with one attached hydrogen (secondary N) is 2. The number of nitrogens with zero attached hydrogens (tertiary/aromatic N) is 1. The normalized spacial score (nSPS) is 12.1. The van der Waals surface area contributed by atoms with Crippen LogP contribution in [-0.4, -0.2) is 31.1 Å². The van der Waals surface area contributed by atoms with E-state index in [2.05, 4.69) is 10.6 Å². The number of hydrogen-bond donors (Lipinski definition) is 2. The van der Waals surface area contributed by atoms with Crippen molar-refractivity contribution in [2.45, 2.75) is 26.6 Å². The van der Waals surface area contributed by atoms with Gasteiger partial charge >= 0.3 is 12.0 Å². The van der Waals surface area contributed by atoms with Crippen molar-refractivity contribution in [1.82, 2.24) is 10.2 Å². The molecule has 0 aliphatic carbocycles. The van der Waals surface area contributed by atoms with Crippen LogP contribution in [0.3, 0.4) is 0 Å². The van der Waals surface area contributed by atoms with Crippen molar-refractivity contribution >= 4 is 30.1 Å². The first kappa shape index (κ1) is 19.8. The monoisotopic (exact) mass is 379 g/mol. The van der Waals surface area contributed by atoms with E-state index in [0.29, 0.717) is 17.1 Å². The third kappa shape index (κ3) is 4.17. The summed E-state index contributed by atoms with van der Waals surface area (Å²) in [5, 5.41) is 6.14. The molecule has 0 unspecified atom stereocenters. The molecule has 2 amide bonds. The average Bonchev–Trinajstić information content (AvgIpc) is 3.19. The molecule has 0 bridgehead atoms. The lowest BCUT2D eigenvalue weighted by Gasteiger charge is -2.17. The molecule has 1 aliphatic heterocycles. The number of fused-ring (bicyclic) bond motifs is 1. The third-order valence-corrected chi connectivity index (χ3v) is 4.20. The summed E-state index contributed by atoms with van der Waals surface area (Å²) in [6.45, 7) is 3.62. The highest BCUT2D eigenvalue weighted by Gasteiger charge is 2.18. The van der Waals surface area contributed by atoms with Crippen LogP contribution in [0.2, 0.25) is 0 Å². The molecule has 2 N–H and O–H groups in total. The molecule has 0 saturated heterocycles. The summed E-state index contributed by atoms with van der Waals surface area (Å²) in [5.41, 5.74) is 3.58. The number of amides is 2. The maximum atomic E-state index is 12.4. The number of methoxy groups -OCH3 is 1. The second-order valence-corrected chi connectivity index (χ2v) is 6.05. The van der Waals surface area contributed by atoms with Gasteiger partial charge in [0.15, 0.2) is 0 Å². The van der Waals surface area contributed by atoms with Gasteiger partial charge in [0, 0.05) is 25.8 Å². The second-order valence-electron chi connectivity index (χ2n) is 6.05. The number of furan rings is 1. The number of ether oxygens (including phenoxy) is 1. The molecule has 0 atom stereocenters. The van der Waals surface area contributed by atoms with Crippen molar-refractivity contribution in [3.8, 4) is 0 Å². The summed E-state index contributed by atoms with van der Waals surface area (Å²) in [5.74, 6) is 0.543. The Balaban J connectivity index is 0.00000243. The van der Waals surface area contributed by atoms with Crippen molar-refractivity contribution in [3.63, 3.8) is 0 Å². The molecular weight excluding hydrogens is 358 g/mol. The SMILES string of the molecule is COC(=O)c1cc(CN(C)C(=O)Nc2ccc3c(c2)CNC3)oc1C.Cl. The molecule has 2 aromatic rings. The van der Waals surface area contributed by atoms with Crippen molar-refractivity contribution < 1.29 is 18.7 Å². The molecule has 0 saturated carbocycles. The molecule has 3 rings (SSSR count). The zero-order valence-corrected chi connectivity index (χ0v) is 15.7. The van der Waals surface area contributed by atoms with Crippen LogP contribution in [0.25, 0.3) is 0 Å². The number of aryl methyl sites for hydroxylation is 1. The van der Waals surface area contributed by atoms with Gasteiger partial charge in [0.05, 0.1) is 13.7 Å². The van der Waals surface area contributed by atoms with Crippen LogP contribution in [0, 0.1) is 6.92 Å². The van der Waals surface area contributed by atoms with Crippen LogP contribution in [0.1, 0.15) is 33.0 Å². The van der Waals surface area contributed by atoms with Crippen LogP contribution in [0.5, 0.6) is 0 Å². The van der Waals surface area contributed by atoms with E-state index >= 15 is 0 Å². The van der Waals surface area contributed by atoms with Gasteiger partial charge in [-0.15, -0.1) is 12.4 Å². The van der Waals surface area contributed by atoms with Gasteiger partial charge < -0.3 is 24.7 Å². The Labute approximate surface area is 158 Å². The number of halogens is 1. The summed E-state index contributed by atoms with van der Waals surface area (Å²) in [4.78, 5) is 25.5. The minimum atomic E-state index is -0.452. The third-order valence-electron chi connectivity index (χ3n) is 4.20. The highest BCUT2D eigenvalue weighted by molar-refractivity contribution is 5.91. The van der Waals surface area contributed by atoms with Crippen molar-refractivity contribution in [2.75, 3.05) is 19.5 Å². The largest absolute Gasteiger partial charge is 0.465 e. The van der Waals surface area contributed by atoms with Gasteiger partial charge in [-0.3, -0.25) is 0 Å². The first-order chi connectivity index (χ1) is 12.0. The predicted octanol–water partition coefficient (Wildman–Crippen LogP) is 3.06. The van der Waals surface area contributed by atoms with Crippen LogP contribution in [0.15, 0.2) is 28.7 Å². The smallest absolute Gasteiger partial charge is 0.341 e. The predicted molar refractivity (Wildman–Crippen MR) is 99.5 cm³/mol. The molecule has 0 fully saturated rings. The zero-order chi connectivity index (χ0) is 18.0. The van der Waals surface area contributed by atoms with E-state index in [4.69, 9.17) is 9.15 Å². The van der Waals surface area contributed by atoms with E-state index in [0.717, 1.165) is 18.8 Å². The lowest BCUT2D eigenvalue weighted by molar-refractivity contribution is 0.0598. The van der Waals surface area contributed by atoms with Gasteiger partial charge in [0.1, 0.15) is 17.1 Å². The first-order valence-corrected chi connectivity index (χ1v) is 8.00. The van der Waals surface area contributed by atoms with E-state index in [9.17, 15) is 9.59 Å². The number of urea groups is 1. The summed E-state index contributed by atoms with van der Waals surface area (Å²) >= 11 is 0. The number of rotatable bonds is 4. The number of carbonyl (C=O) groups is 2. The van der Waals surface area contributed by atoms with Gasteiger partial charge in [-0.1, -0.05) is 6.07 Å². The van der Waals surface area contributed by atoms with E-state index in [-0.39, 0.29) is 25.0 Å². The molecule has 8 heteroatoms. The molecule has 1 aliphatic rings. The van der Waals surface area contributed by atoms with Gasteiger partial charge in [-0.2, -0.15) is 0 Å². The molecule has 0 radical (unpaired) electrons. The number of hydrogen-bond acceptors (Lipinski definition) is 5. The molecule has 140 valence electrons. The molecule has 7 nitrogen and oxygen atoms in total. The first-order valence-electron chi connectivity index (χ1n) is 8.00. The summed E-state index contributed by atoms with van der Waals surface area (Å²) in [6.07, 6.45) is 0. The van der Waals surface area contributed by atoms with Crippen LogP contribution in [0.4, 0.5) is 10.5 Å². The summed E-state index contributed by atoms with van der Waals surface area (Å²) in [7, 11) is 2.99. The van der Waals surface area contributed by atoms with Crippen molar-refractivity contribution in [3.05, 3.63) is 52.5 Å². The van der Waals surface area contributed by atoms with E-state index < -0.39 is 5.97 Å². The molecule has 1 aromatic heterocycles. The molecular formula is C18H22ClN3O4. The van der Waals surface area contributed by atoms with E-state index in [1.54, 1.807) is 20.0 Å². The fourth-order valence-corrected chi connectivity index (χ4v) is 2.83. The maximum Gasteiger partial charge on any atom is 0.341 e. The highest BCUT2D eigenvalue weighted by atomic mass is 35.5. The Kier molecular flexibility index (Phi) is 6.28. The number of carbonyl (C=O) groups excluding carboxylic acids is 2. The molecule has 1 aromatic carbocycles. The quantitative estimate of drug-likeness (QED) is 0.797. The highest BCUT2D eigenvalue weighted by Crippen LogP contribution is 2.21. The number of esters is 1. The lowest BCUT2D eigenvalue weighted by atomic mass is 10.1. The van der Waals surface area contributed by atoms with E-state index in [1.807, 2.05) is 18.2 Å². The van der Waals surface area contributed by atoms with Crippen LogP contribution in [-0.2, 0) is 24.4 Å². The molecule has 26 heavy (non-hydrogen) atoms. The summed E-state index contributed by atoms with van der Waals surface area (Å²) in [6, 6.07) is 7.24. The minimum absolute atomic E-state index is 0. The Morgan fingerprint density at radius 3 is 2.73 bits per heavy atom. The van der Waals surface area contributed by atoms with Crippen molar-refractivity contribution in [1.29, 1.82) is 0 Å². The van der Waals surface area contributed by atoms with Gasteiger partial charge in [-0.05, 0) is 36.2 Å². The van der Waals surface area contributed by atoms with Gasteiger partial charge in [0.2, 0.25) is 0 Å². The van der Waals surface area contributed by atoms with Gasteiger partial charge in [0.25, 0.3) is 0 Å². The fourth-order valence-electron chi connectivity index (χ4n) is 2.83. The van der Waals surface area contributed by atoms with E-state index in [1.165, 1.54) is 23.1 Å². The van der Waals surface area contributed by atoms with Crippen LogP contribution >= 0.6 is 12.4 Å². The van der Waals surface area contributed by atoms with Crippen molar-refractivity contribution in [2.24, 2.45) is 0 Å². The number of benzene rings is 1. The summed E-state index contributed by atoms with van der Waals surface area (Å²) < 4.78 is 10.2.